The van der Waals surface area contributed by atoms with Crippen molar-refractivity contribution in [2.24, 2.45) is 17.8 Å². The highest BCUT2D eigenvalue weighted by molar-refractivity contribution is 5.82. The van der Waals surface area contributed by atoms with Crippen LogP contribution in [0.25, 0.3) is 55.9 Å². The molecule has 4 bridgehead atoms. The van der Waals surface area contributed by atoms with E-state index in [1.165, 1.54) is 49.7 Å². The van der Waals surface area contributed by atoms with E-state index in [-0.39, 0.29) is 5.41 Å². The van der Waals surface area contributed by atoms with E-state index in [9.17, 15) is 0 Å². The molecule has 0 N–H and O–H groups in total. The zero-order valence-corrected chi connectivity index (χ0v) is 24.2. The van der Waals surface area contributed by atoms with Gasteiger partial charge in [-0.15, -0.1) is 0 Å². The molecule has 0 unspecified atom stereocenters. The van der Waals surface area contributed by atoms with E-state index in [4.69, 9.17) is 14.4 Å². The summed E-state index contributed by atoms with van der Waals surface area (Å²) in [4.78, 5) is 10.1. The second-order valence-electron chi connectivity index (χ2n) is 13.3. The Morgan fingerprint density at radius 3 is 1.56 bits per heavy atom. The second kappa shape index (κ2) is 9.77. The van der Waals surface area contributed by atoms with Crippen LogP contribution in [0, 0.1) is 17.8 Å². The Bertz CT molecular complexity index is 1850. The highest BCUT2D eigenvalue weighted by Gasteiger charge is 2.54. The maximum absolute atomic E-state index is 6.60. The summed E-state index contributed by atoms with van der Waals surface area (Å²) in [5.41, 5.74) is 10.9. The average molecular weight is 559 g/mol. The molecule has 0 aliphatic heterocycles. The predicted octanol–water partition coefficient (Wildman–Crippen LogP) is 10.4. The van der Waals surface area contributed by atoms with Gasteiger partial charge >= 0.3 is 0 Å². The molecule has 4 aromatic carbocycles. The molecule has 2 aromatic heterocycles. The second-order valence-corrected chi connectivity index (χ2v) is 13.3. The Labute approximate surface area is 252 Å². The fourth-order valence-electron chi connectivity index (χ4n) is 8.77. The number of hydrogen-bond acceptors (Lipinski definition) is 3. The molecule has 4 fully saturated rings. The molecule has 0 radical (unpaired) electrons. The molecule has 2 heterocycles. The molecular weight excluding hydrogens is 524 g/mol. The minimum Gasteiger partial charge on any atom is -0.440 e. The van der Waals surface area contributed by atoms with E-state index in [1.54, 1.807) is 0 Å². The van der Waals surface area contributed by atoms with Gasteiger partial charge in [-0.1, -0.05) is 91.0 Å². The number of hydrogen-bond donors (Lipinski definition) is 0. The van der Waals surface area contributed by atoms with Crippen LogP contribution in [0.2, 0.25) is 0 Å². The first kappa shape index (κ1) is 25.0. The Balaban J connectivity index is 1.05. The summed E-state index contributed by atoms with van der Waals surface area (Å²) in [6, 6.07) is 40.7. The number of fused-ring (bicyclic) bond motifs is 1. The molecule has 0 atom stereocenters. The van der Waals surface area contributed by atoms with Crippen LogP contribution in [0.15, 0.2) is 120 Å². The molecule has 210 valence electrons. The molecule has 0 spiro atoms. The first-order chi connectivity index (χ1) is 21.2. The van der Waals surface area contributed by atoms with Gasteiger partial charge in [0.25, 0.3) is 0 Å². The van der Waals surface area contributed by atoms with Crippen molar-refractivity contribution in [3.8, 4) is 44.8 Å². The van der Waals surface area contributed by atoms with Crippen LogP contribution < -0.4 is 0 Å². The van der Waals surface area contributed by atoms with Crippen LogP contribution >= 0.6 is 0 Å². The zero-order chi connectivity index (χ0) is 28.4. The van der Waals surface area contributed by atoms with Gasteiger partial charge in [0.1, 0.15) is 5.52 Å². The standard InChI is InChI=1S/C40H34N2O/c1-3-7-31(8-4-1)36-20-34(21-37(41-36)32-9-5-2-6-10-32)30-13-11-29(12-14-30)33-15-16-35-38(22-33)43-39(42-35)40-23-26-17-27(24-40)19-28(18-26)25-40/h1-16,20-22,26-28H,17-19,23-25H2. The first-order valence-corrected chi connectivity index (χ1v) is 15.8. The fourth-order valence-corrected chi connectivity index (χ4v) is 8.77. The molecule has 0 saturated heterocycles. The van der Waals surface area contributed by atoms with Crippen LogP contribution in [0.4, 0.5) is 0 Å². The van der Waals surface area contributed by atoms with Gasteiger partial charge in [0, 0.05) is 16.5 Å². The molecule has 0 amide bonds. The van der Waals surface area contributed by atoms with Crippen LogP contribution in [0.3, 0.4) is 0 Å². The maximum atomic E-state index is 6.60. The summed E-state index contributed by atoms with van der Waals surface area (Å²) in [6.07, 6.45) is 8.11. The summed E-state index contributed by atoms with van der Waals surface area (Å²) < 4.78 is 6.60. The van der Waals surface area contributed by atoms with Crippen LogP contribution in [0.1, 0.15) is 44.4 Å². The summed E-state index contributed by atoms with van der Waals surface area (Å²) in [6.45, 7) is 0. The number of nitrogens with zero attached hydrogens (tertiary/aromatic N) is 2. The topological polar surface area (TPSA) is 38.9 Å². The van der Waals surface area contributed by atoms with Gasteiger partial charge in [0.15, 0.2) is 5.58 Å². The highest BCUT2D eigenvalue weighted by Crippen LogP contribution is 2.60. The summed E-state index contributed by atoms with van der Waals surface area (Å²) >= 11 is 0. The van der Waals surface area contributed by atoms with E-state index in [0.717, 1.165) is 68.4 Å². The molecular formula is C40H34N2O. The lowest BCUT2D eigenvalue weighted by molar-refractivity contribution is -0.0170. The van der Waals surface area contributed by atoms with Crippen molar-refractivity contribution in [1.29, 1.82) is 0 Å². The van der Waals surface area contributed by atoms with Gasteiger partial charge in [-0.2, -0.15) is 0 Å². The van der Waals surface area contributed by atoms with Crippen molar-refractivity contribution >= 4 is 11.1 Å². The fraction of sp³-hybridized carbons (Fsp3) is 0.250. The third kappa shape index (κ3) is 4.41. The predicted molar refractivity (Wildman–Crippen MR) is 173 cm³/mol. The maximum Gasteiger partial charge on any atom is 0.201 e. The smallest absolute Gasteiger partial charge is 0.201 e. The number of benzene rings is 4. The third-order valence-electron chi connectivity index (χ3n) is 10.4. The van der Waals surface area contributed by atoms with Crippen LogP contribution in [-0.4, -0.2) is 9.97 Å². The van der Waals surface area contributed by atoms with E-state index >= 15 is 0 Å². The van der Waals surface area contributed by atoms with Crippen LogP contribution in [0.5, 0.6) is 0 Å². The number of oxazole rings is 1. The normalized spacial score (nSPS) is 24.0. The van der Waals surface area contributed by atoms with Gasteiger partial charge in [0.05, 0.1) is 11.4 Å². The molecule has 4 saturated carbocycles. The third-order valence-corrected chi connectivity index (χ3v) is 10.4. The lowest BCUT2D eigenvalue weighted by Crippen LogP contribution is -2.48. The first-order valence-electron chi connectivity index (χ1n) is 15.8. The highest BCUT2D eigenvalue weighted by atomic mass is 16.3. The Kier molecular flexibility index (Phi) is 5.69. The van der Waals surface area contributed by atoms with Gasteiger partial charge in [-0.25, -0.2) is 9.97 Å². The van der Waals surface area contributed by atoms with Gasteiger partial charge in [-0.3, -0.25) is 0 Å². The van der Waals surface area contributed by atoms with Crippen molar-refractivity contribution in [3.63, 3.8) is 0 Å². The number of aromatic nitrogens is 2. The quantitative estimate of drug-likeness (QED) is 0.211. The lowest BCUT2D eigenvalue weighted by Gasteiger charge is -2.55. The van der Waals surface area contributed by atoms with Crippen molar-refractivity contribution in [1.82, 2.24) is 9.97 Å². The van der Waals surface area contributed by atoms with Crippen molar-refractivity contribution in [3.05, 3.63) is 121 Å². The summed E-state index contributed by atoms with van der Waals surface area (Å²) in [5, 5.41) is 0. The van der Waals surface area contributed by atoms with Crippen molar-refractivity contribution < 1.29 is 4.42 Å². The molecule has 3 nitrogen and oxygen atoms in total. The summed E-state index contributed by atoms with van der Waals surface area (Å²) in [7, 11) is 0. The van der Waals surface area contributed by atoms with E-state index < -0.39 is 0 Å². The van der Waals surface area contributed by atoms with Gasteiger partial charge in [-0.05, 0) is 103 Å². The Morgan fingerprint density at radius 2 is 1.00 bits per heavy atom. The van der Waals surface area contributed by atoms with E-state index in [2.05, 4.69) is 103 Å². The molecule has 43 heavy (non-hydrogen) atoms. The Morgan fingerprint density at radius 1 is 0.488 bits per heavy atom. The van der Waals surface area contributed by atoms with Crippen LogP contribution in [-0.2, 0) is 5.41 Å². The monoisotopic (exact) mass is 558 g/mol. The van der Waals surface area contributed by atoms with E-state index in [1.807, 2.05) is 12.1 Å². The summed E-state index contributed by atoms with van der Waals surface area (Å²) in [5.74, 6) is 3.64. The molecule has 4 aliphatic carbocycles. The molecule has 6 aromatic rings. The minimum absolute atomic E-state index is 0.178. The minimum atomic E-state index is 0.178. The zero-order valence-electron chi connectivity index (χ0n) is 24.2. The van der Waals surface area contributed by atoms with E-state index in [0.29, 0.717) is 0 Å². The molecule has 4 aliphatic rings. The molecule has 10 rings (SSSR count). The lowest BCUT2D eigenvalue weighted by atomic mass is 9.49. The average Bonchev–Trinajstić information content (AvgIpc) is 3.50. The van der Waals surface area contributed by atoms with Crippen molar-refractivity contribution in [2.75, 3.05) is 0 Å². The largest absolute Gasteiger partial charge is 0.440 e. The number of rotatable bonds is 5. The van der Waals surface area contributed by atoms with Gasteiger partial charge in [0.2, 0.25) is 5.89 Å². The van der Waals surface area contributed by atoms with Gasteiger partial charge < -0.3 is 4.42 Å². The Hall–Kier alpha value is -4.50. The SMILES string of the molecule is c1ccc(-c2cc(-c3ccc(-c4ccc5nc(C67CC8CC(CC(C8)C6)C7)oc5c4)cc3)cc(-c3ccccc3)n2)cc1. The molecule has 3 heteroatoms. The van der Waals surface area contributed by atoms with Crippen molar-refractivity contribution in [2.45, 2.75) is 43.9 Å². The number of pyridine rings is 1.